The summed E-state index contributed by atoms with van der Waals surface area (Å²) < 4.78 is 24.1. The number of carbonyl (C=O) groups is 4. The average molecular weight is 568 g/mol. The number of ether oxygens (including phenoxy) is 4. The van der Waals surface area contributed by atoms with Gasteiger partial charge in [-0.3, -0.25) is 14.4 Å². The molecule has 5 rings (SSSR count). The highest BCUT2D eigenvalue weighted by Crippen LogP contribution is 2.65. The van der Waals surface area contributed by atoms with Gasteiger partial charge >= 0.3 is 17.9 Å². The highest BCUT2D eigenvalue weighted by molar-refractivity contribution is 5.95. The van der Waals surface area contributed by atoms with Crippen molar-refractivity contribution in [3.63, 3.8) is 0 Å². The SMILES string of the molecule is CC(=O)O[C@H]1C(=O)[C@@]2(C)[C@H]([C@H](OC(=O)c3ccccc3)[C@]3(O)C[CH]C(C)=C1C3(C)C)[C@]1(OC(C)=O)CO[C@@H]1C[C@@H]2C. The van der Waals surface area contributed by atoms with Gasteiger partial charge in [-0.25, -0.2) is 4.79 Å². The first-order valence-electron chi connectivity index (χ1n) is 14.2. The van der Waals surface area contributed by atoms with Gasteiger partial charge in [-0.05, 0) is 49.8 Å². The zero-order chi connectivity index (χ0) is 30.1. The third-order valence-corrected chi connectivity index (χ3v) is 10.4. The van der Waals surface area contributed by atoms with Crippen molar-refractivity contribution in [1.29, 1.82) is 0 Å². The topological polar surface area (TPSA) is 125 Å². The van der Waals surface area contributed by atoms with Gasteiger partial charge < -0.3 is 24.1 Å². The maximum atomic E-state index is 14.9. The lowest BCUT2D eigenvalue weighted by Crippen LogP contribution is -2.80. The first kappa shape index (κ1) is 29.5. The molecule has 1 aliphatic heterocycles. The first-order chi connectivity index (χ1) is 19.1. The molecule has 1 saturated heterocycles. The minimum absolute atomic E-state index is 0.0307. The summed E-state index contributed by atoms with van der Waals surface area (Å²) in [5, 5.41) is 12.9. The Balaban J connectivity index is 1.81. The molecule has 0 amide bonds. The van der Waals surface area contributed by atoms with Crippen molar-refractivity contribution in [1.82, 2.24) is 0 Å². The molecule has 8 atom stereocenters. The number of hydrogen-bond donors (Lipinski definition) is 1. The molecule has 2 saturated carbocycles. The van der Waals surface area contributed by atoms with Crippen LogP contribution in [0.15, 0.2) is 41.5 Å². The van der Waals surface area contributed by atoms with Crippen molar-refractivity contribution >= 4 is 23.7 Å². The summed E-state index contributed by atoms with van der Waals surface area (Å²) in [6.45, 7) is 11.5. The summed E-state index contributed by atoms with van der Waals surface area (Å²) in [5.74, 6) is -3.66. The van der Waals surface area contributed by atoms with Gasteiger partial charge in [0.05, 0.1) is 18.1 Å². The average Bonchev–Trinajstić information content (AvgIpc) is 2.89. The standard InChI is InChI=1S/C32H39O9/c1-17-13-14-32(37)27(40-28(36)21-11-9-8-10-12-21)25-30(7,18(2)15-22-31(25,16-38-22)41-20(4)34)26(35)24(39-19(3)33)23(17)29(32,5)6/h8-13,18,22,24-25,27,37H,14-16H2,1-7H3/t18-,22+,24+,25-,27-,30+,31-,32+/m0/s1. The third-order valence-electron chi connectivity index (χ3n) is 10.4. The zero-order valence-corrected chi connectivity index (χ0v) is 24.7. The Morgan fingerprint density at radius 3 is 2.24 bits per heavy atom. The lowest BCUT2D eigenvalue weighted by Gasteiger charge is -2.67. The predicted octanol–water partition coefficient (Wildman–Crippen LogP) is 3.77. The van der Waals surface area contributed by atoms with E-state index in [0.29, 0.717) is 12.0 Å². The van der Waals surface area contributed by atoms with Crippen LogP contribution >= 0.6 is 0 Å². The molecular formula is C32H39O9. The number of hydrogen-bond acceptors (Lipinski definition) is 9. The monoisotopic (exact) mass is 567 g/mol. The maximum absolute atomic E-state index is 14.9. The maximum Gasteiger partial charge on any atom is 0.338 e. The van der Waals surface area contributed by atoms with Gasteiger partial charge in [0.2, 0.25) is 0 Å². The molecule has 0 aromatic heterocycles. The summed E-state index contributed by atoms with van der Waals surface area (Å²) in [4.78, 5) is 53.7. The molecule has 3 aliphatic carbocycles. The van der Waals surface area contributed by atoms with E-state index in [1.54, 1.807) is 57.5 Å². The molecule has 1 N–H and O–H groups in total. The fourth-order valence-corrected chi connectivity index (χ4v) is 7.99. The molecule has 9 heteroatoms. The number of rotatable bonds is 4. The van der Waals surface area contributed by atoms with Gasteiger partial charge in [-0.1, -0.05) is 51.5 Å². The van der Waals surface area contributed by atoms with E-state index in [-0.39, 0.29) is 30.3 Å². The molecule has 1 aromatic rings. The van der Waals surface area contributed by atoms with Crippen LogP contribution in [0, 0.1) is 29.1 Å². The molecule has 4 aliphatic rings. The highest BCUT2D eigenvalue weighted by Gasteiger charge is 2.77. The number of benzene rings is 1. The van der Waals surface area contributed by atoms with E-state index in [2.05, 4.69) is 0 Å². The zero-order valence-electron chi connectivity index (χ0n) is 24.7. The van der Waals surface area contributed by atoms with Crippen molar-refractivity contribution in [2.24, 2.45) is 22.7 Å². The van der Waals surface area contributed by atoms with Crippen LogP contribution in [-0.2, 0) is 33.3 Å². The Morgan fingerprint density at radius 2 is 1.68 bits per heavy atom. The van der Waals surface area contributed by atoms with Crippen molar-refractivity contribution in [2.45, 2.75) is 90.8 Å². The van der Waals surface area contributed by atoms with Crippen LogP contribution in [0.4, 0.5) is 0 Å². The summed E-state index contributed by atoms with van der Waals surface area (Å²) in [5.41, 5.74) is -4.23. The molecule has 0 spiro atoms. The van der Waals surface area contributed by atoms with E-state index in [0.717, 1.165) is 5.57 Å². The fourth-order valence-electron chi connectivity index (χ4n) is 7.99. The second kappa shape index (κ2) is 9.76. The van der Waals surface area contributed by atoms with E-state index in [1.807, 2.05) is 13.8 Å². The van der Waals surface area contributed by atoms with E-state index in [4.69, 9.17) is 18.9 Å². The Morgan fingerprint density at radius 1 is 1.02 bits per heavy atom. The minimum atomic E-state index is -1.78. The summed E-state index contributed by atoms with van der Waals surface area (Å²) in [6, 6.07) is 8.43. The van der Waals surface area contributed by atoms with Crippen LogP contribution in [0.2, 0.25) is 0 Å². The molecule has 1 heterocycles. The van der Waals surface area contributed by atoms with Gasteiger partial charge in [-0.15, -0.1) is 0 Å². The Labute approximate surface area is 240 Å². The first-order valence-corrected chi connectivity index (χ1v) is 14.2. The molecule has 221 valence electrons. The summed E-state index contributed by atoms with van der Waals surface area (Å²) >= 11 is 0. The minimum Gasteiger partial charge on any atom is -0.455 e. The number of allylic oxidation sites excluding steroid dienone is 1. The smallest absolute Gasteiger partial charge is 0.338 e. The van der Waals surface area contributed by atoms with Crippen molar-refractivity contribution in [3.8, 4) is 0 Å². The second-order valence-electron chi connectivity index (χ2n) is 12.8. The number of aliphatic hydroxyl groups is 1. The molecule has 1 aromatic carbocycles. The van der Waals surface area contributed by atoms with E-state index >= 15 is 0 Å². The van der Waals surface area contributed by atoms with Crippen molar-refractivity contribution in [2.75, 3.05) is 6.61 Å². The Kier molecular flexibility index (Phi) is 7.01. The number of ketones is 1. The van der Waals surface area contributed by atoms with Gasteiger partial charge in [0.1, 0.15) is 17.8 Å². The van der Waals surface area contributed by atoms with Crippen LogP contribution in [0.1, 0.15) is 71.7 Å². The highest BCUT2D eigenvalue weighted by atomic mass is 16.6. The van der Waals surface area contributed by atoms with Gasteiger partial charge in [0.15, 0.2) is 17.5 Å². The fraction of sp³-hybridized carbons (Fsp3) is 0.594. The number of esters is 3. The molecule has 2 bridgehead atoms. The van der Waals surface area contributed by atoms with Crippen molar-refractivity contribution < 1.29 is 43.2 Å². The summed E-state index contributed by atoms with van der Waals surface area (Å²) in [7, 11) is 0. The van der Waals surface area contributed by atoms with Crippen LogP contribution in [0.5, 0.6) is 0 Å². The van der Waals surface area contributed by atoms with Gasteiger partial charge in [0.25, 0.3) is 0 Å². The summed E-state index contributed by atoms with van der Waals surface area (Å²) in [6.07, 6.45) is -0.914. The second-order valence-corrected chi connectivity index (χ2v) is 12.8. The normalized spacial score (nSPS) is 39.2. The Bertz CT molecular complexity index is 1320. The quantitative estimate of drug-likeness (QED) is 0.427. The van der Waals surface area contributed by atoms with Crippen molar-refractivity contribution in [3.05, 3.63) is 53.5 Å². The Hall–Kier alpha value is -3.04. The molecular weight excluding hydrogens is 528 g/mol. The predicted molar refractivity (Wildman–Crippen MR) is 146 cm³/mol. The van der Waals surface area contributed by atoms with Crippen LogP contribution in [0.25, 0.3) is 0 Å². The van der Waals surface area contributed by atoms with Crippen LogP contribution in [0.3, 0.4) is 0 Å². The largest absolute Gasteiger partial charge is 0.455 e. The number of carbonyl (C=O) groups excluding carboxylic acids is 4. The molecule has 1 radical (unpaired) electrons. The van der Waals surface area contributed by atoms with Crippen LogP contribution < -0.4 is 0 Å². The molecule has 0 unspecified atom stereocenters. The van der Waals surface area contributed by atoms with Gasteiger partial charge in [0, 0.05) is 24.7 Å². The van der Waals surface area contributed by atoms with E-state index in [9.17, 15) is 24.3 Å². The molecule has 41 heavy (non-hydrogen) atoms. The van der Waals surface area contributed by atoms with Gasteiger partial charge in [-0.2, -0.15) is 0 Å². The number of Topliss-reactive ketones (excluding diaryl/α,β-unsaturated/α-hetero) is 1. The van der Waals surface area contributed by atoms with Crippen LogP contribution in [-0.4, -0.2) is 64.9 Å². The lowest BCUT2D eigenvalue weighted by molar-refractivity contribution is -0.338. The third kappa shape index (κ3) is 4.10. The van der Waals surface area contributed by atoms with E-state index in [1.165, 1.54) is 13.8 Å². The molecule has 3 fully saturated rings. The number of fused-ring (bicyclic) bond motifs is 5. The van der Waals surface area contributed by atoms with E-state index < -0.39 is 64.2 Å². The molecule has 9 nitrogen and oxygen atoms in total. The lowest BCUT2D eigenvalue weighted by atomic mass is 9.43.